The van der Waals surface area contributed by atoms with E-state index in [9.17, 15) is 14.9 Å². The van der Waals surface area contributed by atoms with E-state index in [1.807, 2.05) is 55.1 Å². The summed E-state index contributed by atoms with van der Waals surface area (Å²) in [7, 11) is 0. The zero-order valence-corrected chi connectivity index (χ0v) is 20.7. The van der Waals surface area contributed by atoms with Gasteiger partial charge in [-0.15, -0.1) is 11.3 Å². The fraction of sp³-hybridized carbons (Fsp3) is 0.333. The van der Waals surface area contributed by atoms with Gasteiger partial charge in [0.2, 0.25) is 11.8 Å². The van der Waals surface area contributed by atoms with Crippen molar-refractivity contribution >= 4 is 28.2 Å². The molecule has 1 aromatic carbocycles. The third kappa shape index (κ3) is 5.69. The molecule has 1 aliphatic rings. The molecule has 1 aliphatic heterocycles. The summed E-state index contributed by atoms with van der Waals surface area (Å²) in [6.45, 7) is 5.50. The minimum atomic E-state index is -0.149. The molecular weight excluding hydrogens is 460 g/mol. The first kappa shape index (κ1) is 24.4. The lowest BCUT2D eigenvalue weighted by Crippen LogP contribution is -2.36. The monoisotopic (exact) mass is 488 g/mol. The molecule has 7 nitrogen and oxygen atoms in total. The molecule has 1 atom stereocenters. The Hall–Kier alpha value is -3.70. The maximum atomic E-state index is 12.9. The SMILES string of the molecule is CCOc1ccccc1C(C)CC(=O)Nc1sc2c(c1C#N)CCN(C(=O)Cc1ccncc1)C2. The number of hydrogen-bond acceptors (Lipinski definition) is 6. The van der Waals surface area contributed by atoms with E-state index in [1.165, 1.54) is 11.3 Å². The number of thiophene rings is 1. The van der Waals surface area contributed by atoms with Gasteiger partial charge in [0, 0.05) is 30.2 Å². The topological polar surface area (TPSA) is 95.3 Å². The number of ether oxygens (including phenoxy) is 1. The second kappa shape index (κ2) is 11.2. The molecule has 0 fully saturated rings. The minimum Gasteiger partial charge on any atom is -0.494 e. The van der Waals surface area contributed by atoms with Crippen LogP contribution >= 0.6 is 11.3 Å². The molecule has 3 aromatic rings. The van der Waals surface area contributed by atoms with Gasteiger partial charge in [-0.3, -0.25) is 14.6 Å². The van der Waals surface area contributed by atoms with Gasteiger partial charge in [0.05, 0.1) is 25.1 Å². The van der Waals surface area contributed by atoms with Crippen LogP contribution in [0.4, 0.5) is 5.00 Å². The van der Waals surface area contributed by atoms with Crippen LogP contribution in [0.3, 0.4) is 0 Å². The number of rotatable bonds is 8. The minimum absolute atomic E-state index is 0.0424. The highest BCUT2D eigenvalue weighted by atomic mass is 32.1. The molecule has 1 N–H and O–H groups in total. The van der Waals surface area contributed by atoms with E-state index in [1.54, 1.807) is 12.4 Å². The molecule has 180 valence electrons. The Morgan fingerprint density at radius 1 is 1.26 bits per heavy atom. The van der Waals surface area contributed by atoms with Crippen LogP contribution < -0.4 is 10.1 Å². The summed E-state index contributed by atoms with van der Waals surface area (Å²) in [5.74, 6) is 0.640. The number of carbonyl (C=O) groups excluding carboxylic acids is 2. The second-order valence-corrected chi connectivity index (χ2v) is 9.65. The zero-order chi connectivity index (χ0) is 24.8. The Labute approximate surface area is 209 Å². The Morgan fingerprint density at radius 2 is 2.03 bits per heavy atom. The van der Waals surface area contributed by atoms with Crippen molar-refractivity contribution in [3.05, 3.63) is 75.9 Å². The molecule has 2 aromatic heterocycles. The maximum absolute atomic E-state index is 12.9. The van der Waals surface area contributed by atoms with Crippen LogP contribution in [0.25, 0.3) is 0 Å². The van der Waals surface area contributed by atoms with Gasteiger partial charge in [-0.05, 0) is 54.2 Å². The van der Waals surface area contributed by atoms with Gasteiger partial charge in [0.15, 0.2) is 0 Å². The van der Waals surface area contributed by atoms with E-state index >= 15 is 0 Å². The van der Waals surface area contributed by atoms with Crippen LogP contribution in [0.15, 0.2) is 48.8 Å². The lowest BCUT2D eigenvalue weighted by Gasteiger charge is -2.27. The first-order valence-electron chi connectivity index (χ1n) is 11.7. The standard InChI is InChI=1S/C27H28N4O3S/c1-3-34-23-7-5-4-6-20(23)18(2)14-25(32)30-27-22(16-28)21-10-13-31(17-24(21)35-27)26(33)15-19-8-11-29-12-9-19/h4-9,11-12,18H,3,10,13-15,17H2,1-2H3,(H,30,32). The number of hydrogen-bond donors (Lipinski definition) is 1. The number of nitrogens with one attached hydrogen (secondary N) is 1. The van der Waals surface area contributed by atoms with E-state index in [0.29, 0.717) is 43.1 Å². The van der Waals surface area contributed by atoms with Crippen LogP contribution in [-0.4, -0.2) is 34.8 Å². The number of para-hydroxylation sites is 1. The molecule has 0 saturated heterocycles. The summed E-state index contributed by atoms with van der Waals surface area (Å²) >= 11 is 1.39. The van der Waals surface area contributed by atoms with E-state index in [4.69, 9.17) is 4.74 Å². The number of benzene rings is 1. The summed E-state index contributed by atoms with van der Waals surface area (Å²) in [5.41, 5.74) is 3.36. The Kier molecular flexibility index (Phi) is 7.78. The summed E-state index contributed by atoms with van der Waals surface area (Å²) in [6.07, 6.45) is 4.55. The highest BCUT2D eigenvalue weighted by Crippen LogP contribution is 2.37. The van der Waals surface area contributed by atoms with Gasteiger partial charge in [0.25, 0.3) is 0 Å². The van der Waals surface area contributed by atoms with Crippen LogP contribution in [0.2, 0.25) is 0 Å². The van der Waals surface area contributed by atoms with Crippen molar-refractivity contribution in [3.8, 4) is 11.8 Å². The van der Waals surface area contributed by atoms with E-state index in [0.717, 1.165) is 27.3 Å². The second-order valence-electron chi connectivity index (χ2n) is 8.54. The molecule has 0 spiro atoms. The average molecular weight is 489 g/mol. The number of aromatic nitrogens is 1. The Bertz CT molecular complexity index is 1250. The van der Waals surface area contributed by atoms with Crippen LogP contribution in [0.1, 0.15) is 53.3 Å². The summed E-state index contributed by atoms with van der Waals surface area (Å²) in [5, 5.41) is 13.3. The summed E-state index contributed by atoms with van der Waals surface area (Å²) < 4.78 is 5.71. The number of pyridine rings is 1. The van der Waals surface area contributed by atoms with Gasteiger partial charge in [-0.2, -0.15) is 5.26 Å². The third-order valence-electron chi connectivity index (χ3n) is 6.12. The van der Waals surface area contributed by atoms with Crippen LogP contribution in [0, 0.1) is 11.3 Å². The molecule has 0 bridgehead atoms. The number of fused-ring (bicyclic) bond motifs is 1. The number of amides is 2. The van der Waals surface area contributed by atoms with Crippen molar-refractivity contribution in [2.75, 3.05) is 18.5 Å². The van der Waals surface area contributed by atoms with Gasteiger partial charge >= 0.3 is 0 Å². The van der Waals surface area contributed by atoms with Crippen LogP contribution in [0.5, 0.6) is 5.75 Å². The lowest BCUT2D eigenvalue weighted by atomic mass is 9.96. The van der Waals surface area contributed by atoms with E-state index in [2.05, 4.69) is 16.4 Å². The smallest absolute Gasteiger partial charge is 0.227 e. The quantitative estimate of drug-likeness (QED) is 0.497. The van der Waals surface area contributed by atoms with Crippen LogP contribution in [-0.2, 0) is 29.0 Å². The molecular formula is C27H28N4O3S. The normalized spacial score (nSPS) is 13.5. The molecule has 1 unspecified atom stereocenters. The molecule has 0 aliphatic carbocycles. The number of nitrogens with zero attached hydrogens (tertiary/aromatic N) is 3. The average Bonchev–Trinajstić information content (AvgIpc) is 3.20. The van der Waals surface area contributed by atoms with Gasteiger partial charge in [0.1, 0.15) is 16.8 Å². The number of nitriles is 1. The Balaban J connectivity index is 1.43. The molecule has 0 radical (unpaired) electrons. The molecule has 3 heterocycles. The van der Waals surface area contributed by atoms with E-state index < -0.39 is 0 Å². The molecule has 2 amide bonds. The number of carbonyl (C=O) groups is 2. The predicted molar refractivity (Wildman–Crippen MR) is 135 cm³/mol. The fourth-order valence-corrected chi connectivity index (χ4v) is 5.58. The molecule has 8 heteroatoms. The summed E-state index contributed by atoms with van der Waals surface area (Å²) in [6, 6.07) is 13.7. The zero-order valence-electron chi connectivity index (χ0n) is 19.9. The van der Waals surface area contributed by atoms with Crippen molar-refractivity contribution in [1.29, 1.82) is 5.26 Å². The van der Waals surface area contributed by atoms with Crippen molar-refractivity contribution in [3.63, 3.8) is 0 Å². The molecule has 0 saturated carbocycles. The molecule has 35 heavy (non-hydrogen) atoms. The highest BCUT2D eigenvalue weighted by Gasteiger charge is 2.28. The molecule has 4 rings (SSSR count). The fourth-order valence-electron chi connectivity index (χ4n) is 4.35. The summed E-state index contributed by atoms with van der Waals surface area (Å²) in [4.78, 5) is 32.5. The maximum Gasteiger partial charge on any atom is 0.227 e. The largest absolute Gasteiger partial charge is 0.494 e. The van der Waals surface area contributed by atoms with Gasteiger partial charge in [-0.25, -0.2) is 0 Å². The predicted octanol–water partition coefficient (Wildman–Crippen LogP) is 4.67. The highest BCUT2D eigenvalue weighted by molar-refractivity contribution is 7.16. The number of anilines is 1. The van der Waals surface area contributed by atoms with Crippen molar-refractivity contribution in [1.82, 2.24) is 9.88 Å². The van der Waals surface area contributed by atoms with Crippen molar-refractivity contribution < 1.29 is 14.3 Å². The Morgan fingerprint density at radius 3 is 2.77 bits per heavy atom. The first-order valence-corrected chi connectivity index (χ1v) is 12.5. The van der Waals surface area contributed by atoms with Crippen molar-refractivity contribution in [2.24, 2.45) is 0 Å². The lowest BCUT2D eigenvalue weighted by molar-refractivity contribution is -0.131. The third-order valence-corrected chi connectivity index (χ3v) is 7.25. The van der Waals surface area contributed by atoms with Crippen molar-refractivity contribution in [2.45, 2.75) is 45.6 Å². The van der Waals surface area contributed by atoms with E-state index in [-0.39, 0.29) is 24.2 Å². The van der Waals surface area contributed by atoms with Gasteiger partial charge in [-0.1, -0.05) is 25.1 Å². The van der Waals surface area contributed by atoms with Gasteiger partial charge < -0.3 is 15.0 Å². The first-order chi connectivity index (χ1) is 17.0.